The minimum absolute atomic E-state index is 0.0956. The molecule has 2 N–H and O–H groups in total. The summed E-state index contributed by atoms with van der Waals surface area (Å²) in [5.41, 5.74) is 1.66. The summed E-state index contributed by atoms with van der Waals surface area (Å²) in [5, 5.41) is 15.7. The van der Waals surface area contributed by atoms with E-state index in [1.165, 1.54) is 0 Å². The average Bonchev–Trinajstić information content (AvgIpc) is 3.18. The molecule has 2 heterocycles. The standard InChI is InChI=1S/C22H20N4O2/c23-10-16-11-24-12-19(16)25-22(28)18-14-26(13-15-6-2-1-3-7-15)20-9-5-4-8-17(20)21(18)27/h1-9,14,16,19,24H,11-13H2,(H,25,28). The highest BCUT2D eigenvalue weighted by atomic mass is 16.2. The second-order valence-corrected chi connectivity index (χ2v) is 6.98. The van der Waals surface area contributed by atoms with Gasteiger partial charge in [0.25, 0.3) is 5.91 Å². The van der Waals surface area contributed by atoms with Gasteiger partial charge in [0, 0.05) is 31.2 Å². The van der Waals surface area contributed by atoms with E-state index >= 15 is 0 Å². The van der Waals surface area contributed by atoms with Gasteiger partial charge in [-0.1, -0.05) is 42.5 Å². The van der Waals surface area contributed by atoms with Crippen LogP contribution in [0.2, 0.25) is 0 Å². The first kappa shape index (κ1) is 18.0. The van der Waals surface area contributed by atoms with Gasteiger partial charge in [0.15, 0.2) is 0 Å². The molecule has 1 aliphatic heterocycles. The number of fused-ring (bicyclic) bond motifs is 1. The minimum Gasteiger partial charge on any atom is -0.346 e. The first-order chi connectivity index (χ1) is 13.7. The van der Waals surface area contributed by atoms with Crippen molar-refractivity contribution >= 4 is 16.8 Å². The van der Waals surface area contributed by atoms with Crippen LogP contribution in [0.25, 0.3) is 10.9 Å². The van der Waals surface area contributed by atoms with Crippen LogP contribution >= 0.6 is 0 Å². The summed E-state index contributed by atoms with van der Waals surface area (Å²) in [4.78, 5) is 25.8. The zero-order valence-corrected chi connectivity index (χ0v) is 15.3. The van der Waals surface area contributed by atoms with Crippen LogP contribution in [-0.4, -0.2) is 29.6 Å². The van der Waals surface area contributed by atoms with Crippen LogP contribution in [0.1, 0.15) is 15.9 Å². The van der Waals surface area contributed by atoms with Crippen LogP contribution < -0.4 is 16.1 Å². The molecule has 6 heteroatoms. The molecule has 0 saturated carbocycles. The molecule has 140 valence electrons. The van der Waals surface area contributed by atoms with Gasteiger partial charge in [-0.25, -0.2) is 0 Å². The topological polar surface area (TPSA) is 86.9 Å². The van der Waals surface area contributed by atoms with Crippen molar-refractivity contribution in [1.29, 1.82) is 5.26 Å². The van der Waals surface area contributed by atoms with Crippen LogP contribution in [0.3, 0.4) is 0 Å². The van der Waals surface area contributed by atoms with Crippen molar-refractivity contribution in [2.45, 2.75) is 12.6 Å². The molecule has 2 atom stereocenters. The molecule has 28 heavy (non-hydrogen) atoms. The van der Waals surface area contributed by atoms with E-state index in [2.05, 4.69) is 16.7 Å². The summed E-state index contributed by atoms with van der Waals surface area (Å²) < 4.78 is 1.93. The van der Waals surface area contributed by atoms with E-state index in [1.54, 1.807) is 18.3 Å². The molecule has 0 spiro atoms. The quantitative estimate of drug-likeness (QED) is 0.732. The van der Waals surface area contributed by atoms with Crippen molar-refractivity contribution in [2.24, 2.45) is 5.92 Å². The van der Waals surface area contributed by atoms with E-state index in [0.29, 0.717) is 25.0 Å². The van der Waals surface area contributed by atoms with Gasteiger partial charge >= 0.3 is 0 Å². The Morgan fingerprint density at radius 3 is 2.68 bits per heavy atom. The Bertz CT molecular complexity index is 1110. The van der Waals surface area contributed by atoms with E-state index in [9.17, 15) is 14.9 Å². The maximum absolute atomic E-state index is 12.9. The molecular formula is C22H20N4O2. The third-order valence-corrected chi connectivity index (χ3v) is 5.12. The van der Waals surface area contributed by atoms with Crippen molar-refractivity contribution in [2.75, 3.05) is 13.1 Å². The summed E-state index contributed by atoms with van der Waals surface area (Å²) in [6.07, 6.45) is 1.62. The molecule has 2 aromatic carbocycles. The molecule has 3 aromatic rings. The summed E-state index contributed by atoms with van der Waals surface area (Å²) in [6.45, 7) is 1.61. The summed E-state index contributed by atoms with van der Waals surface area (Å²) >= 11 is 0. The van der Waals surface area contributed by atoms with E-state index in [1.807, 2.05) is 47.0 Å². The number of hydrogen-bond acceptors (Lipinski definition) is 4. The zero-order chi connectivity index (χ0) is 19.5. The van der Waals surface area contributed by atoms with Crippen molar-refractivity contribution in [3.05, 3.63) is 82.1 Å². The number of hydrogen-bond donors (Lipinski definition) is 2. The number of para-hydroxylation sites is 1. The Labute approximate surface area is 162 Å². The Morgan fingerprint density at radius 2 is 1.89 bits per heavy atom. The van der Waals surface area contributed by atoms with Crippen LogP contribution in [0.15, 0.2) is 65.6 Å². The summed E-state index contributed by atoms with van der Waals surface area (Å²) in [5.74, 6) is -0.734. The highest BCUT2D eigenvalue weighted by molar-refractivity contribution is 5.97. The fourth-order valence-corrected chi connectivity index (χ4v) is 3.63. The largest absolute Gasteiger partial charge is 0.346 e. The fourth-order valence-electron chi connectivity index (χ4n) is 3.63. The first-order valence-corrected chi connectivity index (χ1v) is 9.24. The number of benzene rings is 2. The van der Waals surface area contributed by atoms with E-state index in [4.69, 9.17) is 0 Å². The van der Waals surface area contributed by atoms with Gasteiger partial charge in [-0.15, -0.1) is 0 Å². The third kappa shape index (κ3) is 3.40. The highest BCUT2D eigenvalue weighted by Gasteiger charge is 2.29. The monoisotopic (exact) mass is 372 g/mol. The molecular weight excluding hydrogens is 352 g/mol. The van der Waals surface area contributed by atoms with Crippen molar-refractivity contribution < 1.29 is 4.79 Å². The molecule has 1 saturated heterocycles. The Kier molecular flexibility index (Phi) is 4.92. The van der Waals surface area contributed by atoms with Gasteiger partial charge in [0.05, 0.1) is 23.5 Å². The molecule has 0 aliphatic carbocycles. The lowest BCUT2D eigenvalue weighted by Gasteiger charge is -2.17. The van der Waals surface area contributed by atoms with Crippen molar-refractivity contribution in [3.63, 3.8) is 0 Å². The van der Waals surface area contributed by atoms with E-state index in [0.717, 1.165) is 11.1 Å². The number of carbonyl (C=O) groups is 1. The molecule has 4 rings (SSSR count). The smallest absolute Gasteiger partial charge is 0.257 e. The Morgan fingerprint density at radius 1 is 1.14 bits per heavy atom. The second-order valence-electron chi connectivity index (χ2n) is 6.98. The maximum Gasteiger partial charge on any atom is 0.257 e. The average molecular weight is 372 g/mol. The third-order valence-electron chi connectivity index (χ3n) is 5.12. The van der Waals surface area contributed by atoms with E-state index < -0.39 is 5.91 Å². The minimum atomic E-state index is -0.438. The van der Waals surface area contributed by atoms with Gasteiger partial charge < -0.3 is 15.2 Å². The molecule has 1 aromatic heterocycles. The Balaban J connectivity index is 1.74. The van der Waals surface area contributed by atoms with Gasteiger partial charge in [0.1, 0.15) is 5.56 Å². The van der Waals surface area contributed by atoms with E-state index in [-0.39, 0.29) is 23.0 Å². The van der Waals surface area contributed by atoms with Crippen molar-refractivity contribution in [1.82, 2.24) is 15.2 Å². The lowest BCUT2D eigenvalue weighted by Crippen LogP contribution is -2.41. The normalized spacial score (nSPS) is 18.7. The number of pyridine rings is 1. The number of aromatic nitrogens is 1. The number of amides is 1. The number of carbonyl (C=O) groups excluding carboxylic acids is 1. The summed E-state index contributed by atoms with van der Waals surface area (Å²) in [6, 6.07) is 19.1. The molecule has 0 radical (unpaired) electrons. The second kappa shape index (κ2) is 7.67. The molecule has 2 unspecified atom stereocenters. The number of rotatable bonds is 4. The van der Waals surface area contributed by atoms with Gasteiger partial charge in [-0.2, -0.15) is 5.26 Å². The summed E-state index contributed by atoms with van der Waals surface area (Å²) in [7, 11) is 0. The molecule has 1 fully saturated rings. The van der Waals surface area contributed by atoms with Crippen molar-refractivity contribution in [3.8, 4) is 6.07 Å². The van der Waals surface area contributed by atoms with Gasteiger partial charge in [0.2, 0.25) is 5.43 Å². The molecule has 6 nitrogen and oxygen atoms in total. The molecule has 1 aliphatic rings. The van der Waals surface area contributed by atoms with Crippen LogP contribution in [0, 0.1) is 17.2 Å². The maximum atomic E-state index is 12.9. The fraction of sp³-hybridized carbons (Fsp3) is 0.227. The lowest BCUT2D eigenvalue weighted by molar-refractivity contribution is 0.0934. The predicted octanol–water partition coefficient (Wildman–Crippen LogP) is 1.89. The number of nitrogens with zero attached hydrogens (tertiary/aromatic N) is 2. The Hall–Kier alpha value is -3.43. The van der Waals surface area contributed by atoms with Crippen LogP contribution in [0.4, 0.5) is 0 Å². The lowest BCUT2D eigenvalue weighted by atomic mass is 10.0. The van der Waals surface area contributed by atoms with Crippen LogP contribution in [-0.2, 0) is 6.54 Å². The molecule has 0 bridgehead atoms. The molecule has 1 amide bonds. The van der Waals surface area contributed by atoms with Gasteiger partial charge in [-0.05, 0) is 17.7 Å². The highest BCUT2D eigenvalue weighted by Crippen LogP contribution is 2.15. The number of nitriles is 1. The number of nitrogens with one attached hydrogen (secondary N) is 2. The zero-order valence-electron chi connectivity index (χ0n) is 15.3. The first-order valence-electron chi connectivity index (χ1n) is 9.24. The van der Waals surface area contributed by atoms with Gasteiger partial charge in [-0.3, -0.25) is 9.59 Å². The van der Waals surface area contributed by atoms with Crippen LogP contribution in [0.5, 0.6) is 0 Å². The SMILES string of the molecule is N#CC1CNCC1NC(=O)c1cn(Cc2ccccc2)c2ccccc2c1=O. The predicted molar refractivity (Wildman–Crippen MR) is 107 cm³/mol.